The Balaban J connectivity index is 1.98. The lowest BCUT2D eigenvalue weighted by atomic mass is 10.0. The van der Waals surface area contributed by atoms with Crippen molar-refractivity contribution in [2.45, 2.75) is 26.7 Å². The predicted molar refractivity (Wildman–Crippen MR) is 89.5 cm³/mol. The van der Waals surface area contributed by atoms with Crippen molar-refractivity contribution in [3.63, 3.8) is 0 Å². The third-order valence-electron chi connectivity index (χ3n) is 4.14. The van der Waals surface area contributed by atoms with Gasteiger partial charge in [0.1, 0.15) is 17.9 Å². The molecule has 0 fully saturated rings. The molecule has 122 valence electrons. The van der Waals surface area contributed by atoms with Crippen LogP contribution in [0.1, 0.15) is 31.4 Å². The zero-order valence-electron chi connectivity index (χ0n) is 13.5. The van der Waals surface area contributed by atoms with E-state index in [9.17, 15) is 14.9 Å². The van der Waals surface area contributed by atoms with E-state index < -0.39 is 0 Å². The molecule has 0 bridgehead atoms. The Bertz CT molecular complexity index is 861. The number of benzene rings is 1. The highest BCUT2D eigenvalue weighted by atomic mass is 16.3. The van der Waals surface area contributed by atoms with Crippen molar-refractivity contribution in [3.05, 3.63) is 35.6 Å². The summed E-state index contributed by atoms with van der Waals surface area (Å²) in [5, 5.41) is 12.0. The number of carbonyl (C=O) groups excluding carboxylic acids is 2. The first kappa shape index (κ1) is 15.8. The smallest absolute Gasteiger partial charge is 0.226 e. The van der Waals surface area contributed by atoms with Gasteiger partial charge in [0.2, 0.25) is 17.7 Å². The first-order valence-corrected chi connectivity index (χ1v) is 7.78. The van der Waals surface area contributed by atoms with Crippen LogP contribution in [0.5, 0.6) is 0 Å². The van der Waals surface area contributed by atoms with E-state index in [1.807, 2.05) is 18.2 Å². The van der Waals surface area contributed by atoms with Crippen LogP contribution in [0, 0.1) is 11.3 Å². The molecule has 2 amide bonds. The lowest BCUT2D eigenvalue weighted by Gasteiger charge is -2.14. The van der Waals surface area contributed by atoms with Gasteiger partial charge in [-0.15, -0.1) is 0 Å². The maximum atomic E-state index is 11.6. The Morgan fingerprint density at radius 1 is 1.42 bits per heavy atom. The number of fused-ring (bicyclic) bond motifs is 1. The van der Waals surface area contributed by atoms with E-state index >= 15 is 0 Å². The topological polar surface area (TPSA) is 86.3 Å². The molecule has 1 aromatic heterocycles. The fourth-order valence-electron chi connectivity index (χ4n) is 2.88. The fraction of sp³-hybridized carbons (Fsp3) is 0.278. The molecule has 3 rings (SSSR count). The average molecular weight is 323 g/mol. The van der Waals surface area contributed by atoms with E-state index in [2.05, 4.69) is 11.4 Å². The van der Waals surface area contributed by atoms with Crippen molar-refractivity contribution in [2.24, 2.45) is 0 Å². The SMILES string of the molecule is CCC(=O)Nc1occ(-c2ccc3c(c2)CCN3C(C)=O)c1C#N. The molecular weight excluding hydrogens is 306 g/mol. The number of nitrogens with one attached hydrogen (secondary N) is 1. The van der Waals surface area contributed by atoms with Crippen LogP contribution < -0.4 is 10.2 Å². The molecule has 2 heterocycles. The van der Waals surface area contributed by atoms with Gasteiger partial charge < -0.3 is 9.32 Å². The van der Waals surface area contributed by atoms with E-state index in [4.69, 9.17) is 4.42 Å². The molecule has 6 heteroatoms. The summed E-state index contributed by atoms with van der Waals surface area (Å²) in [5.41, 5.74) is 3.74. The number of nitrogens with zero attached hydrogens (tertiary/aromatic N) is 2. The minimum atomic E-state index is -0.210. The third-order valence-corrected chi connectivity index (χ3v) is 4.14. The van der Waals surface area contributed by atoms with E-state index in [0.29, 0.717) is 24.1 Å². The van der Waals surface area contributed by atoms with Crippen LogP contribution in [0.2, 0.25) is 0 Å². The zero-order chi connectivity index (χ0) is 17.3. The molecule has 6 nitrogen and oxygen atoms in total. The van der Waals surface area contributed by atoms with Gasteiger partial charge in [0.25, 0.3) is 0 Å². The van der Waals surface area contributed by atoms with Gasteiger partial charge in [-0.2, -0.15) is 5.26 Å². The quantitative estimate of drug-likeness (QED) is 0.940. The molecule has 0 aliphatic carbocycles. The summed E-state index contributed by atoms with van der Waals surface area (Å²) < 4.78 is 5.37. The molecule has 1 N–H and O–H groups in total. The Morgan fingerprint density at radius 3 is 2.88 bits per heavy atom. The van der Waals surface area contributed by atoms with Gasteiger partial charge in [-0.1, -0.05) is 13.0 Å². The summed E-state index contributed by atoms with van der Waals surface area (Å²) in [6.45, 7) is 3.95. The number of nitriles is 1. The molecule has 0 unspecified atom stereocenters. The van der Waals surface area contributed by atoms with Crippen LogP contribution in [-0.2, 0) is 16.0 Å². The first-order valence-electron chi connectivity index (χ1n) is 7.78. The first-order chi connectivity index (χ1) is 11.5. The Morgan fingerprint density at radius 2 is 2.21 bits per heavy atom. The molecule has 1 aliphatic rings. The number of rotatable bonds is 3. The van der Waals surface area contributed by atoms with Gasteiger partial charge in [0.05, 0.1) is 0 Å². The molecule has 1 aromatic carbocycles. The molecule has 0 saturated carbocycles. The summed E-state index contributed by atoms with van der Waals surface area (Å²) >= 11 is 0. The number of amides is 2. The summed E-state index contributed by atoms with van der Waals surface area (Å²) in [5.74, 6) is -0.0178. The van der Waals surface area contributed by atoms with Gasteiger partial charge in [-0.05, 0) is 29.7 Å². The van der Waals surface area contributed by atoms with Gasteiger partial charge in [-0.25, -0.2) is 0 Å². The van der Waals surface area contributed by atoms with Crippen LogP contribution in [0.4, 0.5) is 11.6 Å². The van der Waals surface area contributed by atoms with Crippen molar-refractivity contribution in [2.75, 3.05) is 16.8 Å². The Labute approximate surface area is 139 Å². The highest BCUT2D eigenvalue weighted by molar-refractivity contribution is 5.95. The van der Waals surface area contributed by atoms with Crippen LogP contribution in [0.15, 0.2) is 28.9 Å². The van der Waals surface area contributed by atoms with Crippen molar-refractivity contribution in [1.82, 2.24) is 0 Å². The number of furan rings is 1. The minimum absolute atomic E-state index is 0.0205. The molecule has 1 aliphatic heterocycles. The second kappa shape index (κ2) is 6.20. The second-order valence-corrected chi connectivity index (χ2v) is 5.63. The highest BCUT2D eigenvalue weighted by Crippen LogP contribution is 2.36. The zero-order valence-corrected chi connectivity index (χ0v) is 13.5. The lowest BCUT2D eigenvalue weighted by Crippen LogP contribution is -2.25. The maximum Gasteiger partial charge on any atom is 0.226 e. The van der Waals surface area contributed by atoms with Gasteiger partial charge in [-0.3, -0.25) is 14.9 Å². The molecule has 0 atom stereocenters. The van der Waals surface area contributed by atoms with Gasteiger partial charge in [0, 0.05) is 31.1 Å². The van der Waals surface area contributed by atoms with Crippen LogP contribution in [-0.4, -0.2) is 18.4 Å². The van der Waals surface area contributed by atoms with Gasteiger partial charge >= 0.3 is 0 Å². The minimum Gasteiger partial charge on any atom is -0.446 e. The van der Waals surface area contributed by atoms with Crippen molar-refractivity contribution in [3.8, 4) is 17.2 Å². The summed E-state index contributed by atoms with van der Waals surface area (Å²) in [6, 6.07) is 7.81. The molecule has 0 radical (unpaired) electrons. The lowest BCUT2D eigenvalue weighted by molar-refractivity contribution is -0.117. The van der Waals surface area contributed by atoms with Crippen LogP contribution >= 0.6 is 0 Å². The number of anilines is 2. The molecule has 24 heavy (non-hydrogen) atoms. The fourth-order valence-corrected chi connectivity index (χ4v) is 2.88. The van der Waals surface area contributed by atoms with E-state index in [1.54, 1.807) is 18.7 Å². The average Bonchev–Trinajstić information content (AvgIpc) is 3.17. The van der Waals surface area contributed by atoms with Crippen LogP contribution in [0.25, 0.3) is 11.1 Å². The summed E-state index contributed by atoms with van der Waals surface area (Å²) in [7, 11) is 0. The van der Waals surface area contributed by atoms with E-state index in [0.717, 1.165) is 23.2 Å². The monoisotopic (exact) mass is 323 g/mol. The summed E-state index contributed by atoms with van der Waals surface area (Å²) in [4.78, 5) is 24.9. The van der Waals surface area contributed by atoms with Crippen LogP contribution in [0.3, 0.4) is 0 Å². The second-order valence-electron chi connectivity index (χ2n) is 5.63. The van der Waals surface area contributed by atoms with Crippen molar-refractivity contribution >= 4 is 23.4 Å². The number of hydrogen-bond donors (Lipinski definition) is 1. The number of carbonyl (C=O) groups is 2. The normalized spacial score (nSPS) is 12.6. The standard InChI is InChI=1S/C18H17N3O3/c1-3-17(23)20-18-14(9-19)15(10-24-18)12-4-5-16-13(8-12)6-7-21(16)11(2)22/h4-5,8,10H,3,6-7H2,1-2H3,(H,20,23). The maximum absolute atomic E-state index is 11.6. The Hall–Kier alpha value is -3.07. The van der Waals surface area contributed by atoms with Crippen molar-refractivity contribution < 1.29 is 14.0 Å². The number of hydrogen-bond acceptors (Lipinski definition) is 4. The van der Waals surface area contributed by atoms with E-state index in [-0.39, 0.29) is 17.7 Å². The highest BCUT2D eigenvalue weighted by Gasteiger charge is 2.24. The Kier molecular flexibility index (Phi) is 4.09. The largest absolute Gasteiger partial charge is 0.446 e. The summed E-state index contributed by atoms with van der Waals surface area (Å²) in [6.07, 6.45) is 2.56. The third kappa shape index (κ3) is 2.65. The molecule has 0 spiro atoms. The predicted octanol–water partition coefficient (Wildman–Crippen LogP) is 3.08. The molecule has 2 aromatic rings. The molecular formula is C18H17N3O3. The molecule has 0 saturated heterocycles. The van der Waals surface area contributed by atoms with Gasteiger partial charge in [0.15, 0.2) is 0 Å². The van der Waals surface area contributed by atoms with E-state index in [1.165, 1.54) is 6.26 Å². The van der Waals surface area contributed by atoms with Crippen molar-refractivity contribution in [1.29, 1.82) is 5.26 Å².